The van der Waals surface area contributed by atoms with Gasteiger partial charge in [0.05, 0.1) is 12.1 Å². The molecule has 21 heavy (non-hydrogen) atoms. The van der Waals surface area contributed by atoms with Crippen LogP contribution >= 0.6 is 11.6 Å². The van der Waals surface area contributed by atoms with Gasteiger partial charge in [0.1, 0.15) is 11.5 Å². The Kier molecular flexibility index (Phi) is 5.10. The van der Waals surface area contributed by atoms with Gasteiger partial charge in [-0.2, -0.15) is 0 Å². The molecule has 2 N–H and O–H groups in total. The Bertz CT molecular complexity index is 628. The molecule has 2 aromatic rings. The van der Waals surface area contributed by atoms with Crippen LogP contribution in [0.5, 0.6) is 11.5 Å². The van der Waals surface area contributed by atoms with Crippen molar-refractivity contribution in [2.24, 2.45) is 0 Å². The van der Waals surface area contributed by atoms with Crippen LogP contribution in [-0.4, -0.2) is 12.2 Å². The molecule has 0 heterocycles. The fourth-order valence-corrected chi connectivity index (χ4v) is 2.46. The average Bonchev–Trinajstić information content (AvgIpc) is 2.48. The molecule has 0 aromatic heterocycles. The summed E-state index contributed by atoms with van der Waals surface area (Å²) in [6.07, 6.45) is 0. The molecule has 0 amide bonds. The minimum atomic E-state index is 0.0956. The summed E-state index contributed by atoms with van der Waals surface area (Å²) in [6, 6.07) is 11.6. The Morgan fingerprint density at radius 3 is 2.76 bits per heavy atom. The maximum atomic E-state index is 9.93. The highest BCUT2D eigenvalue weighted by Crippen LogP contribution is 2.29. The minimum Gasteiger partial charge on any atom is -0.506 e. The monoisotopic (exact) mass is 305 g/mol. The summed E-state index contributed by atoms with van der Waals surface area (Å²) in [7, 11) is 1.67. The molecule has 0 radical (unpaired) electrons. The van der Waals surface area contributed by atoms with Crippen LogP contribution in [0.1, 0.15) is 29.7 Å². The van der Waals surface area contributed by atoms with Gasteiger partial charge in [0.25, 0.3) is 0 Å². The van der Waals surface area contributed by atoms with Crippen LogP contribution in [0.15, 0.2) is 36.4 Å². The summed E-state index contributed by atoms with van der Waals surface area (Å²) < 4.78 is 5.41. The lowest BCUT2D eigenvalue weighted by Gasteiger charge is -2.18. The number of ether oxygens (including phenoxy) is 1. The van der Waals surface area contributed by atoms with E-state index in [-0.39, 0.29) is 11.8 Å². The van der Waals surface area contributed by atoms with Crippen LogP contribution < -0.4 is 10.1 Å². The van der Waals surface area contributed by atoms with Crippen molar-refractivity contribution in [3.05, 3.63) is 58.1 Å². The number of nitrogens with one attached hydrogen (secondary N) is 1. The molecule has 0 aliphatic rings. The highest BCUT2D eigenvalue weighted by atomic mass is 35.5. The Hall–Kier alpha value is -1.71. The largest absolute Gasteiger partial charge is 0.506 e. The third-order valence-corrected chi connectivity index (χ3v) is 3.83. The number of rotatable bonds is 5. The van der Waals surface area contributed by atoms with Crippen molar-refractivity contribution in [1.82, 2.24) is 5.32 Å². The number of methoxy groups -OCH3 is 1. The van der Waals surface area contributed by atoms with Gasteiger partial charge in [-0.05, 0) is 26.0 Å². The normalized spacial score (nSPS) is 12.2. The van der Waals surface area contributed by atoms with Gasteiger partial charge >= 0.3 is 0 Å². The first-order valence-corrected chi connectivity index (χ1v) is 7.25. The van der Waals surface area contributed by atoms with E-state index in [1.54, 1.807) is 13.2 Å². The van der Waals surface area contributed by atoms with E-state index in [1.165, 1.54) is 5.56 Å². The molecule has 1 unspecified atom stereocenters. The van der Waals surface area contributed by atoms with E-state index < -0.39 is 0 Å². The Balaban J connectivity index is 2.13. The lowest BCUT2D eigenvalue weighted by molar-refractivity contribution is 0.400. The Morgan fingerprint density at radius 1 is 1.29 bits per heavy atom. The average molecular weight is 306 g/mol. The molecule has 0 saturated carbocycles. The van der Waals surface area contributed by atoms with Gasteiger partial charge in [-0.25, -0.2) is 0 Å². The maximum absolute atomic E-state index is 9.93. The summed E-state index contributed by atoms with van der Waals surface area (Å²) in [5.41, 5.74) is 3.06. The number of halogens is 1. The van der Waals surface area contributed by atoms with Gasteiger partial charge in [-0.1, -0.05) is 41.4 Å². The zero-order valence-corrected chi connectivity index (χ0v) is 13.2. The second kappa shape index (κ2) is 6.83. The number of benzene rings is 2. The molecule has 1 atom stereocenters. The van der Waals surface area contributed by atoms with Gasteiger partial charge in [0.2, 0.25) is 0 Å². The summed E-state index contributed by atoms with van der Waals surface area (Å²) in [5.74, 6) is 0.992. The first-order valence-electron chi connectivity index (χ1n) is 6.87. The summed E-state index contributed by atoms with van der Waals surface area (Å²) >= 11 is 5.92. The fraction of sp³-hybridized carbons (Fsp3) is 0.294. The van der Waals surface area contributed by atoms with Gasteiger partial charge in [-0.3, -0.25) is 0 Å². The molecule has 0 saturated heterocycles. The summed E-state index contributed by atoms with van der Waals surface area (Å²) in [6.45, 7) is 4.65. The van der Waals surface area contributed by atoms with Crippen LogP contribution in [0.4, 0.5) is 0 Å². The molecule has 2 aromatic carbocycles. The number of phenolic OH excluding ortho intramolecular Hbond substituents is 1. The molecule has 4 heteroatoms. The highest BCUT2D eigenvalue weighted by molar-refractivity contribution is 6.32. The van der Waals surface area contributed by atoms with Gasteiger partial charge in [0.15, 0.2) is 0 Å². The van der Waals surface area contributed by atoms with Crippen molar-refractivity contribution in [2.45, 2.75) is 26.4 Å². The van der Waals surface area contributed by atoms with E-state index in [4.69, 9.17) is 16.3 Å². The summed E-state index contributed by atoms with van der Waals surface area (Å²) in [4.78, 5) is 0. The van der Waals surface area contributed by atoms with Gasteiger partial charge in [-0.15, -0.1) is 0 Å². The van der Waals surface area contributed by atoms with Crippen molar-refractivity contribution < 1.29 is 9.84 Å². The number of hydrogen-bond acceptors (Lipinski definition) is 3. The quantitative estimate of drug-likeness (QED) is 0.869. The van der Waals surface area contributed by atoms with Crippen molar-refractivity contribution in [2.75, 3.05) is 7.11 Å². The zero-order chi connectivity index (χ0) is 15.4. The van der Waals surface area contributed by atoms with E-state index in [1.807, 2.05) is 24.3 Å². The number of para-hydroxylation sites is 1. The number of phenols is 1. The van der Waals surface area contributed by atoms with Crippen LogP contribution in [0.25, 0.3) is 0 Å². The fourth-order valence-electron chi connectivity index (χ4n) is 2.27. The van der Waals surface area contributed by atoms with Crippen LogP contribution in [0.3, 0.4) is 0 Å². The predicted octanol–water partition coefficient (Wildman–Crippen LogP) is 4.21. The van der Waals surface area contributed by atoms with Crippen LogP contribution in [0, 0.1) is 6.92 Å². The molecular weight excluding hydrogens is 286 g/mol. The van der Waals surface area contributed by atoms with Crippen LogP contribution in [-0.2, 0) is 6.54 Å². The third-order valence-electron chi connectivity index (χ3n) is 3.52. The molecular formula is C17H20ClNO2. The standard InChI is InChI=1S/C17H20ClNO2/c1-11-7-8-16(21-3)14(9-11)12(2)19-10-13-5-4-6-15(18)17(13)20/h4-9,12,19-20H,10H2,1-3H3. The third kappa shape index (κ3) is 3.69. The molecule has 0 aliphatic carbocycles. The smallest absolute Gasteiger partial charge is 0.138 e. The maximum Gasteiger partial charge on any atom is 0.138 e. The minimum absolute atomic E-state index is 0.0956. The van der Waals surface area contributed by atoms with Gasteiger partial charge < -0.3 is 15.2 Å². The first-order chi connectivity index (χ1) is 10.0. The molecule has 0 aliphatic heterocycles. The lowest BCUT2D eigenvalue weighted by Crippen LogP contribution is -2.19. The van der Waals surface area contributed by atoms with E-state index in [0.717, 1.165) is 16.9 Å². The first kappa shape index (κ1) is 15.7. The topological polar surface area (TPSA) is 41.5 Å². The van der Waals surface area contributed by atoms with Crippen molar-refractivity contribution in [1.29, 1.82) is 0 Å². The van der Waals surface area contributed by atoms with E-state index in [0.29, 0.717) is 11.6 Å². The Labute approximate surface area is 130 Å². The molecule has 112 valence electrons. The summed E-state index contributed by atoms with van der Waals surface area (Å²) in [5, 5.41) is 13.7. The SMILES string of the molecule is COc1ccc(C)cc1C(C)NCc1cccc(Cl)c1O. The van der Waals surface area contributed by atoms with E-state index in [2.05, 4.69) is 25.2 Å². The van der Waals surface area contributed by atoms with Crippen molar-refractivity contribution in [3.63, 3.8) is 0 Å². The van der Waals surface area contributed by atoms with Crippen LogP contribution in [0.2, 0.25) is 5.02 Å². The number of aryl methyl sites for hydroxylation is 1. The second-order valence-corrected chi connectivity index (χ2v) is 5.50. The lowest BCUT2D eigenvalue weighted by atomic mass is 10.0. The van der Waals surface area contributed by atoms with Crippen molar-refractivity contribution >= 4 is 11.6 Å². The highest BCUT2D eigenvalue weighted by Gasteiger charge is 2.12. The Morgan fingerprint density at radius 2 is 2.05 bits per heavy atom. The van der Waals surface area contributed by atoms with Crippen molar-refractivity contribution in [3.8, 4) is 11.5 Å². The van der Waals surface area contributed by atoms with Gasteiger partial charge in [0, 0.05) is 23.7 Å². The van der Waals surface area contributed by atoms with E-state index >= 15 is 0 Å². The molecule has 3 nitrogen and oxygen atoms in total. The number of hydrogen-bond donors (Lipinski definition) is 2. The van der Waals surface area contributed by atoms with E-state index in [9.17, 15) is 5.11 Å². The molecule has 0 fully saturated rings. The molecule has 0 bridgehead atoms. The number of aromatic hydroxyl groups is 1. The molecule has 2 rings (SSSR count). The molecule has 0 spiro atoms. The predicted molar refractivity (Wildman–Crippen MR) is 86.1 cm³/mol. The zero-order valence-electron chi connectivity index (χ0n) is 12.5. The second-order valence-electron chi connectivity index (χ2n) is 5.10.